The van der Waals surface area contributed by atoms with Gasteiger partial charge in [-0.2, -0.15) is 0 Å². The number of carboxylic acid groups (broad SMARTS) is 1. The van der Waals surface area contributed by atoms with Gasteiger partial charge in [-0.25, -0.2) is 4.39 Å². The van der Waals surface area contributed by atoms with Crippen molar-refractivity contribution in [3.8, 4) is 0 Å². The SMILES string of the molecule is CC1(C)CCC(C(=O)O)C(Cc2ccc(Cl)cc2F)C1. The molecule has 1 aromatic carbocycles. The van der Waals surface area contributed by atoms with E-state index in [2.05, 4.69) is 13.8 Å². The molecule has 1 fully saturated rings. The lowest BCUT2D eigenvalue weighted by molar-refractivity contribution is -0.146. The van der Waals surface area contributed by atoms with E-state index in [9.17, 15) is 14.3 Å². The average molecular weight is 299 g/mol. The Morgan fingerprint density at radius 2 is 2.20 bits per heavy atom. The number of aliphatic carboxylic acids is 1. The van der Waals surface area contributed by atoms with Crippen molar-refractivity contribution in [3.63, 3.8) is 0 Å². The fourth-order valence-corrected chi connectivity index (χ4v) is 3.40. The molecule has 2 rings (SSSR count). The molecule has 110 valence electrons. The number of carbonyl (C=O) groups is 1. The van der Waals surface area contributed by atoms with Crippen molar-refractivity contribution in [1.29, 1.82) is 0 Å². The summed E-state index contributed by atoms with van der Waals surface area (Å²) in [5.74, 6) is -1.50. The molecule has 0 radical (unpaired) electrons. The largest absolute Gasteiger partial charge is 0.481 e. The standard InChI is InChI=1S/C16H20ClFO2/c1-16(2)6-5-13(15(19)20)11(9-16)7-10-3-4-12(17)8-14(10)18/h3-4,8,11,13H,5-7,9H2,1-2H3,(H,19,20). The summed E-state index contributed by atoms with van der Waals surface area (Å²) in [7, 11) is 0. The average Bonchev–Trinajstić information content (AvgIpc) is 2.31. The molecule has 1 saturated carbocycles. The molecule has 1 aromatic rings. The Kier molecular flexibility index (Phi) is 4.38. The summed E-state index contributed by atoms with van der Waals surface area (Å²) in [4.78, 5) is 11.4. The van der Waals surface area contributed by atoms with Gasteiger partial charge in [-0.1, -0.05) is 31.5 Å². The first-order valence-corrected chi connectivity index (χ1v) is 7.33. The molecular weight excluding hydrogens is 279 g/mol. The van der Waals surface area contributed by atoms with Crippen LogP contribution < -0.4 is 0 Å². The van der Waals surface area contributed by atoms with Gasteiger partial charge in [-0.15, -0.1) is 0 Å². The minimum absolute atomic E-state index is 0.0214. The zero-order valence-corrected chi connectivity index (χ0v) is 12.6. The Labute approximate surface area is 123 Å². The molecular formula is C16H20ClFO2. The van der Waals surface area contributed by atoms with Gasteiger partial charge < -0.3 is 5.11 Å². The topological polar surface area (TPSA) is 37.3 Å². The third-order valence-corrected chi connectivity index (χ3v) is 4.57. The summed E-state index contributed by atoms with van der Waals surface area (Å²) >= 11 is 5.75. The van der Waals surface area contributed by atoms with Crippen LogP contribution in [0, 0.1) is 23.1 Å². The van der Waals surface area contributed by atoms with E-state index < -0.39 is 5.97 Å². The number of carboxylic acids is 1. The van der Waals surface area contributed by atoms with E-state index in [1.54, 1.807) is 12.1 Å². The van der Waals surface area contributed by atoms with Gasteiger partial charge in [0.15, 0.2) is 0 Å². The van der Waals surface area contributed by atoms with E-state index in [0.29, 0.717) is 23.4 Å². The summed E-state index contributed by atoms with van der Waals surface area (Å²) in [6.45, 7) is 4.30. The summed E-state index contributed by atoms with van der Waals surface area (Å²) in [5.41, 5.74) is 0.683. The van der Waals surface area contributed by atoms with E-state index in [0.717, 1.165) is 12.8 Å². The van der Waals surface area contributed by atoms with E-state index in [-0.39, 0.29) is 23.1 Å². The first-order chi connectivity index (χ1) is 9.28. The lowest BCUT2D eigenvalue weighted by atomic mass is 9.65. The second-order valence-corrected chi connectivity index (χ2v) is 6.99. The van der Waals surface area contributed by atoms with Crippen LogP contribution in [0.1, 0.15) is 38.7 Å². The van der Waals surface area contributed by atoms with Crippen LogP contribution in [0.2, 0.25) is 5.02 Å². The highest BCUT2D eigenvalue weighted by atomic mass is 35.5. The summed E-state index contributed by atoms with van der Waals surface area (Å²) < 4.78 is 13.9. The van der Waals surface area contributed by atoms with Gasteiger partial charge >= 0.3 is 5.97 Å². The Morgan fingerprint density at radius 3 is 2.80 bits per heavy atom. The second-order valence-electron chi connectivity index (χ2n) is 6.55. The van der Waals surface area contributed by atoms with Crippen LogP contribution >= 0.6 is 11.6 Å². The van der Waals surface area contributed by atoms with E-state index >= 15 is 0 Å². The minimum atomic E-state index is -0.764. The van der Waals surface area contributed by atoms with Crippen LogP contribution in [0.4, 0.5) is 4.39 Å². The number of hydrogen-bond acceptors (Lipinski definition) is 1. The van der Waals surface area contributed by atoms with Gasteiger partial charge in [0.2, 0.25) is 0 Å². The predicted molar refractivity (Wildman–Crippen MR) is 77.4 cm³/mol. The Balaban J connectivity index is 2.20. The van der Waals surface area contributed by atoms with E-state index in [1.165, 1.54) is 6.07 Å². The van der Waals surface area contributed by atoms with Crippen LogP contribution in [-0.2, 0) is 11.2 Å². The first kappa shape index (κ1) is 15.3. The van der Waals surface area contributed by atoms with Crippen LogP contribution in [0.15, 0.2) is 18.2 Å². The number of hydrogen-bond donors (Lipinski definition) is 1. The van der Waals surface area contributed by atoms with Gasteiger partial charge in [-0.05, 0) is 54.7 Å². The van der Waals surface area contributed by atoms with Gasteiger partial charge in [0.05, 0.1) is 5.92 Å². The molecule has 0 aromatic heterocycles. The molecule has 2 nitrogen and oxygen atoms in total. The molecule has 0 heterocycles. The molecule has 2 atom stereocenters. The maximum absolute atomic E-state index is 13.9. The highest BCUT2D eigenvalue weighted by Gasteiger charge is 2.38. The normalized spacial score (nSPS) is 25.4. The summed E-state index contributed by atoms with van der Waals surface area (Å²) in [6.07, 6.45) is 2.85. The zero-order valence-electron chi connectivity index (χ0n) is 11.8. The lowest BCUT2D eigenvalue weighted by Gasteiger charge is -2.39. The highest BCUT2D eigenvalue weighted by molar-refractivity contribution is 6.30. The van der Waals surface area contributed by atoms with Gasteiger partial charge in [-0.3, -0.25) is 4.79 Å². The van der Waals surface area contributed by atoms with Crippen LogP contribution in [0.3, 0.4) is 0 Å². The molecule has 20 heavy (non-hydrogen) atoms. The number of rotatable bonds is 3. The maximum Gasteiger partial charge on any atom is 0.306 e. The molecule has 4 heteroatoms. The van der Waals surface area contributed by atoms with Crippen molar-refractivity contribution >= 4 is 17.6 Å². The van der Waals surface area contributed by atoms with Crippen molar-refractivity contribution in [3.05, 3.63) is 34.6 Å². The molecule has 0 bridgehead atoms. The van der Waals surface area contributed by atoms with Crippen molar-refractivity contribution in [2.45, 2.75) is 39.5 Å². The molecule has 1 N–H and O–H groups in total. The quantitative estimate of drug-likeness (QED) is 0.889. The fourth-order valence-electron chi connectivity index (χ4n) is 3.25. The monoisotopic (exact) mass is 298 g/mol. The predicted octanol–water partition coefficient (Wildman–Crippen LogP) is 4.55. The molecule has 0 saturated heterocycles. The Morgan fingerprint density at radius 1 is 1.50 bits per heavy atom. The van der Waals surface area contributed by atoms with Crippen molar-refractivity contribution in [2.75, 3.05) is 0 Å². The van der Waals surface area contributed by atoms with Gasteiger partial charge in [0.25, 0.3) is 0 Å². The Hall–Kier alpha value is -1.09. The van der Waals surface area contributed by atoms with E-state index in [4.69, 9.17) is 11.6 Å². The summed E-state index contributed by atoms with van der Waals surface area (Å²) in [5, 5.41) is 9.72. The van der Waals surface area contributed by atoms with E-state index in [1.807, 2.05) is 0 Å². The zero-order chi connectivity index (χ0) is 14.9. The maximum atomic E-state index is 13.9. The third-order valence-electron chi connectivity index (χ3n) is 4.33. The van der Waals surface area contributed by atoms with Crippen molar-refractivity contribution in [2.24, 2.45) is 17.3 Å². The minimum Gasteiger partial charge on any atom is -0.481 e. The van der Waals surface area contributed by atoms with Crippen LogP contribution in [0.5, 0.6) is 0 Å². The molecule has 1 aliphatic rings. The molecule has 0 spiro atoms. The van der Waals surface area contributed by atoms with Gasteiger partial charge in [0.1, 0.15) is 5.82 Å². The lowest BCUT2D eigenvalue weighted by Crippen LogP contribution is -2.35. The highest BCUT2D eigenvalue weighted by Crippen LogP contribution is 2.43. The first-order valence-electron chi connectivity index (χ1n) is 6.95. The summed E-state index contributed by atoms with van der Waals surface area (Å²) in [6, 6.07) is 4.61. The van der Waals surface area contributed by atoms with Crippen LogP contribution in [0.25, 0.3) is 0 Å². The van der Waals surface area contributed by atoms with Crippen molar-refractivity contribution in [1.82, 2.24) is 0 Å². The molecule has 0 aliphatic heterocycles. The fraction of sp³-hybridized carbons (Fsp3) is 0.562. The number of benzene rings is 1. The third kappa shape index (κ3) is 3.51. The molecule has 0 amide bonds. The van der Waals surface area contributed by atoms with Gasteiger partial charge in [0, 0.05) is 5.02 Å². The van der Waals surface area contributed by atoms with Crippen LogP contribution in [-0.4, -0.2) is 11.1 Å². The smallest absolute Gasteiger partial charge is 0.306 e. The Bertz CT molecular complexity index is 513. The second kappa shape index (κ2) is 5.72. The van der Waals surface area contributed by atoms with Crippen molar-refractivity contribution < 1.29 is 14.3 Å². The number of halogens is 2. The molecule has 2 unspecified atom stereocenters. The molecule has 1 aliphatic carbocycles.